The van der Waals surface area contributed by atoms with Gasteiger partial charge in [-0.3, -0.25) is 4.99 Å². The molecule has 1 aromatic carbocycles. The second kappa shape index (κ2) is 5.64. The molecule has 0 radical (unpaired) electrons. The van der Waals surface area contributed by atoms with Gasteiger partial charge in [0, 0.05) is 6.54 Å². The number of nitrogens with two attached hydrogens (primary N) is 1. The summed E-state index contributed by atoms with van der Waals surface area (Å²) in [4.78, 5) is 6.79. The Kier molecular flexibility index (Phi) is 3.72. The molecule has 1 saturated carbocycles. The maximum Gasteiger partial charge on any atom is 0.191 e. The zero-order valence-electron chi connectivity index (χ0n) is 11.5. The number of aliphatic imine (C=N–C) groups is 1. The molecular weight excluding hydrogens is 234 g/mol. The average molecular weight is 257 g/mol. The van der Waals surface area contributed by atoms with Crippen LogP contribution < -0.4 is 5.73 Å². The van der Waals surface area contributed by atoms with Crippen molar-refractivity contribution in [3.8, 4) is 0 Å². The minimum Gasteiger partial charge on any atom is -0.370 e. The van der Waals surface area contributed by atoms with Crippen LogP contribution in [0.3, 0.4) is 0 Å². The summed E-state index contributed by atoms with van der Waals surface area (Å²) >= 11 is 0. The highest BCUT2D eigenvalue weighted by Crippen LogP contribution is 2.30. The van der Waals surface area contributed by atoms with Crippen LogP contribution in [0.5, 0.6) is 0 Å². The highest BCUT2D eigenvalue weighted by Gasteiger charge is 2.29. The van der Waals surface area contributed by atoms with E-state index in [1.54, 1.807) is 0 Å². The second-order valence-electron chi connectivity index (χ2n) is 5.78. The molecule has 2 N–H and O–H groups in total. The summed E-state index contributed by atoms with van der Waals surface area (Å²) in [7, 11) is 0. The Morgan fingerprint density at radius 1 is 1.11 bits per heavy atom. The fourth-order valence-corrected chi connectivity index (χ4v) is 3.36. The van der Waals surface area contributed by atoms with Crippen molar-refractivity contribution in [2.45, 2.75) is 38.1 Å². The van der Waals surface area contributed by atoms with Crippen LogP contribution in [0.4, 0.5) is 0 Å². The smallest absolute Gasteiger partial charge is 0.191 e. The van der Waals surface area contributed by atoms with Gasteiger partial charge in [-0.2, -0.15) is 0 Å². The first-order valence-corrected chi connectivity index (χ1v) is 7.46. The average Bonchev–Trinajstić information content (AvgIpc) is 2.82. The standard InChI is InChI=1S/C16H23N3/c17-16-18-11-15(14-9-5-2-6-10-14)19(16)12-13-7-3-1-4-8-13/h2,5-6,9-10,13,15H,1,3-4,7-8,11-12H2,(H2,17,18)/t15-/m1/s1. The summed E-state index contributed by atoms with van der Waals surface area (Å²) < 4.78 is 0. The topological polar surface area (TPSA) is 41.6 Å². The second-order valence-corrected chi connectivity index (χ2v) is 5.78. The zero-order chi connectivity index (χ0) is 13.1. The molecule has 102 valence electrons. The Bertz CT molecular complexity index is 435. The van der Waals surface area contributed by atoms with E-state index < -0.39 is 0 Å². The summed E-state index contributed by atoms with van der Waals surface area (Å²) in [6.45, 7) is 1.89. The van der Waals surface area contributed by atoms with Crippen molar-refractivity contribution in [1.82, 2.24) is 4.90 Å². The van der Waals surface area contributed by atoms with Gasteiger partial charge in [0.1, 0.15) is 0 Å². The molecule has 1 atom stereocenters. The maximum absolute atomic E-state index is 6.10. The maximum atomic E-state index is 6.10. The summed E-state index contributed by atoms with van der Waals surface area (Å²) in [5.74, 6) is 1.53. The molecule has 3 rings (SSSR count). The third-order valence-electron chi connectivity index (χ3n) is 4.46. The quantitative estimate of drug-likeness (QED) is 0.904. The lowest BCUT2D eigenvalue weighted by Gasteiger charge is -2.32. The Morgan fingerprint density at radius 2 is 1.84 bits per heavy atom. The van der Waals surface area contributed by atoms with Gasteiger partial charge in [-0.05, 0) is 24.3 Å². The molecule has 0 aromatic heterocycles. The number of rotatable bonds is 3. The number of nitrogens with zero attached hydrogens (tertiary/aromatic N) is 2. The minimum atomic E-state index is 0.350. The fourth-order valence-electron chi connectivity index (χ4n) is 3.36. The van der Waals surface area contributed by atoms with E-state index in [0.717, 1.165) is 25.0 Å². The predicted octanol–water partition coefficient (Wildman–Crippen LogP) is 2.94. The Labute approximate surface area is 115 Å². The van der Waals surface area contributed by atoms with Crippen LogP contribution in [0.25, 0.3) is 0 Å². The Morgan fingerprint density at radius 3 is 2.58 bits per heavy atom. The number of guanidine groups is 1. The van der Waals surface area contributed by atoms with Gasteiger partial charge in [0.25, 0.3) is 0 Å². The van der Waals surface area contributed by atoms with E-state index in [2.05, 4.69) is 40.2 Å². The molecule has 0 spiro atoms. The van der Waals surface area contributed by atoms with Crippen molar-refractivity contribution in [2.75, 3.05) is 13.1 Å². The Hall–Kier alpha value is -1.51. The van der Waals surface area contributed by atoms with Crippen molar-refractivity contribution < 1.29 is 0 Å². The highest BCUT2D eigenvalue weighted by molar-refractivity contribution is 5.80. The van der Waals surface area contributed by atoms with Gasteiger partial charge in [0.15, 0.2) is 5.96 Å². The van der Waals surface area contributed by atoms with Crippen LogP contribution in [-0.4, -0.2) is 23.9 Å². The molecule has 1 heterocycles. The van der Waals surface area contributed by atoms with E-state index in [4.69, 9.17) is 5.73 Å². The van der Waals surface area contributed by atoms with E-state index in [-0.39, 0.29) is 0 Å². The van der Waals surface area contributed by atoms with Crippen LogP contribution in [0.15, 0.2) is 35.3 Å². The first kappa shape index (κ1) is 12.5. The normalized spacial score (nSPS) is 24.5. The molecule has 1 aliphatic heterocycles. The summed E-state index contributed by atoms with van der Waals surface area (Å²) in [6, 6.07) is 11.0. The van der Waals surface area contributed by atoms with E-state index in [1.165, 1.54) is 37.7 Å². The van der Waals surface area contributed by atoms with Gasteiger partial charge >= 0.3 is 0 Å². The van der Waals surface area contributed by atoms with E-state index in [9.17, 15) is 0 Å². The van der Waals surface area contributed by atoms with Crippen LogP contribution in [0, 0.1) is 5.92 Å². The van der Waals surface area contributed by atoms with Crippen LogP contribution in [0.2, 0.25) is 0 Å². The van der Waals surface area contributed by atoms with E-state index in [0.29, 0.717) is 6.04 Å². The van der Waals surface area contributed by atoms with Crippen molar-refractivity contribution >= 4 is 5.96 Å². The zero-order valence-corrected chi connectivity index (χ0v) is 11.5. The Balaban J connectivity index is 1.71. The molecule has 2 aliphatic rings. The van der Waals surface area contributed by atoms with Crippen LogP contribution in [0.1, 0.15) is 43.7 Å². The number of hydrogen-bond donors (Lipinski definition) is 1. The molecule has 1 aromatic rings. The SMILES string of the molecule is NC1=NC[C@H](c2ccccc2)N1CC1CCCCC1. The third kappa shape index (κ3) is 2.75. The van der Waals surface area contributed by atoms with Crippen molar-refractivity contribution in [2.24, 2.45) is 16.6 Å². The fraction of sp³-hybridized carbons (Fsp3) is 0.562. The number of hydrogen-bond acceptors (Lipinski definition) is 3. The van der Waals surface area contributed by atoms with Crippen molar-refractivity contribution in [3.05, 3.63) is 35.9 Å². The lowest BCUT2D eigenvalue weighted by Crippen LogP contribution is -2.39. The van der Waals surface area contributed by atoms with Gasteiger partial charge in [-0.25, -0.2) is 0 Å². The summed E-state index contributed by atoms with van der Waals surface area (Å²) in [6.07, 6.45) is 6.87. The molecule has 3 heteroatoms. The monoisotopic (exact) mass is 257 g/mol. The van der Waals surface area contributed by atoms with Gasteiger partial charge in [0.2, 0.25) is 0 Å². The van der Waals surface area contributed by atoms with Gasteiger partial charge in [-0.1, -0.05) is 49.6 Å². The summed E-state index contributed by atoms with van der Waals surface area (Å²) in [5, 5.41) is 0. The minimum absolute atomic E-state index is 0.350. The third-order valence-corrected chi connectivity index (χ3v) is 4.46. The first-order valence-electron chi connectivity index (χ1n) is 7.46. The van der Waals surface area contributed by atoms with Crippen molar-refractivity contribution in [1.29, 1.82) is 0 Å². The predicted molar refractivity (Wildman–Crippen MR) is 79.0 cm³/mol. The molecule has 0 bridgehead atoms. The molecule has 0 amide bonds. The number of benzene rings is 1. The van der Waals surface area contributed by atoms with E-state index in [1.807, 2.05) is 0 Å². The van der Waals surface area contributed by atoms with Gasteiger partial charge in [0.05, 0.1) is 12.6 Å². The van der Waals surface area contributed by atoms with Crippen LogP contribution >= 0.6 is 0 Å². The van der Waals surface area contributed by atoms with Crippen molar-refractivity contribution in [3.63, 3.8) is 0 Å². The van der Waals surface area contributed by atoms with E-state index >= 15 is 0 Å². The molecule has 3 nitrogen and oxygen atoms in total. The van der Waals surface area contributed by atoms with Gasteiger partial charge in [-0.15, -0.1) is 0 Å². The highest BCUT2D eigenvalue weighted by atomic mass is 15.3. The molecule has 1 fully saturated rings. The molecule has 1 aliphatic carbocycles. The molecule has 0 saturated heterocycles. The molecular formula is C16H23N3. The first-order chi connectivity index (χ1) is 9.34. The summed E-state index contributed by atoms with van der Waals surface area (Å²) in [5.41, 5.74) is 7.44. The van der Waals surface area contributed by atoms with Crippen LogP contribution in [-0.2, 0) is 0 Å². The molecule has 0 unspecified atom stereocenters. The molecule has 19 heavy (non-hydrogen) atoms. The van der Waals surface area contributed by atoms with Gasteiger partial charge < -0.3 is 10.6 Å². The lowest BCUT2D eigenvalue weighted by atomic mass is 9.88. The lowest BCUT2D eigenvalue weighted by molar-refractivity contribution is 0.244. The largest absolute Gasteiger partial charge is 0.370 e.